The molecule has 1 heterocycles. The number of carbonyl (C=O) groups excluding carboxylic acids is 1. The molecule has 3 aliphatic rings. The van der Waals surface area contributed by atoms with Crippen LogP contribution in [-0.4, -0.2) is 55.7 Å². The molecular formula is C20H33ClN4O2. The summed E-state index contributed by atoms with van der Waals surface area (Å²) in [5.41, 5.74) is 0. The van der Waals surface area contributed by atoms with Crippen LogP contribution in [0, 0.1) is 29.1 Å². The summed E-state index contributed by atoms with van der Waals surface area (Å²) in [7, 11) is 1.72. The molecule has 2 saturated carbocycles. The SMILES string of the molecule is COCC1CC2NCC(C#N)C(NC3CCCC(Cl)C3)C2CC1NC(C)=O. The summed E-state index contributed by atoms with van der Waals surface area (Å²) in [4.78, 5) is 11.7. The van der Waals surface area contributed by atoms with Gasteiger partial charge >= 0.3 is 0 Å². The molecule has 8 atom stereocenters. The van der Waals surface area contributed by atoms with E-state index >= 15 is 0 Å². The summed E-state index contributed by atoms with van der Waals surface area (Å²) in [6, 6.07) is 3.49. The van der Waals surface area contributed by atoms with Crippen LogP contribution in [0.4, 0.5) is 0 Å². The van der Waals surface area contributed by atoms with E-state index in [1.807, 2.05) is 0 Å². The van der Waals surface area contributed by atoms with Crippen LogP contribution in [0.1, 0.15) is 45.4 Å². The molecule has 1 saturated heterocycles. The van der Waals surface area contributed by atoms with E-state index in [4.69, 9.17) is 16.3 Å². The van der Waals surface area contributed by atoms with Gasteiger partial charge in [0.05, 0.1) is 18.6 Å². The lowest BCUT2D eigenvalue weighted by Crippen LogP contribution is -2.65. The number of hydrogen-bond donors (Lipinski definition) is 3. The number of methoxy groups -OCH3 is 1. The van der Waals surface area contributed by atoms with Gasteiger partial charge in [-0.3, -0.25) is 4.79 Å². The fourth-order valence-electron chi connectivity index (χ4n) is 5.41. The number of ether oxygens (including phenoxy) is 1. The van der Waals surface area contributed by atoms with Crippen molar-refractivity contribution < 1.29 is 9.53 Å². The molecule has 1 aliphatic heterocycles. The second-order valence-corrected chi connectivity index (χ2v) is 9.18. The van der Waals surface area contributed by atoms with Crippen LogP contribution in [-0.2, 0) is 9.53 Å². The molecular weight excluding hydrogens is 364 g/mol. The maximum atomic E-state index is 11.7. The molecule has 0 radical (unpaired) electrons. The third-order valence-corrected chi connectivity index (χ3v) is 7.03. The van der Waals surface area contributed by atoms with Crippen LogP contribution in [0.5, 0.6) is 0 Å². The molecule has 0 bridgehead atoms. The van der Waals surface area contributed by atoms with Gasteiger partial charge in [0.25, 0.3) is 0 Å². The minimum Gasteiger partial charge on any atom is -0.384 e. The van der Waals surface area contributed by atoms with Gasteiger partial charge in [-0.05, 0) is 38.0 Å². The Morgan fingerprint density at radius 1 is 1.33 bits per heavy atom. The van der Waals surface area contributed by atoms with Crippen molar-refractivity contribution in [2.45, 2.75) is 75.0 Å². The Bertz CT molecular complexity index is 555. The number of alkyl halides is 1. The molecule has 152 valence electrons. The monoisotopic (exact) mass is 396 g/mol. The predicted octanol–water partition coefficient (Wildman–Crippen LogP) is 1.78. The standard InChI is InChI=1S/C20H33ClN4O2/c1-12(26)24-18-8-17-19(6-13(18)11-27-2)23-10-14(9-22)20(17)25-16-5-3-4-15(21)7-16/h13-20,23,25H,3-8,10-11H2,1-2H3,(H,24,26). The Balaban J connectivity index is 1.74. The summed E-state index contributed by atoms with van der Waals surface area (Å²) in [6.07, 6.45) is 6.17. The smallest absolute Gasteiger partial charge is 0.217 e. The van der Waals surface area contributed by atoms with Gasteiger partial charge in [0.1, 0.15) is 0 Å². The average Bonchev–Trinajstić information content (AvgIpc) is 2.62. The Morgan fingerprint density at radius 3 is 2.81 bits per heavy atom. The van der Waals surface area contributed by atoms with Gasteiger partial charge < -0.3 is 20.7 Å². The van der Waals surface area contributed by atoms with Gasteiger partial charge in [0.15, 0.2) is 0 Å². The van der Waals surface area contributed by atoms with Crippen molar-refractivity contribution in [3.63, 3.8) is 0 Å². The molecule has 3 N–H and O–H groups in total. The van der Waals surface area contributed by atoms with Crippen LogP contribution in [0.15, 0.2) is 0 Å². The van der Waals surface area contributed by atoms with E-state index in [1.165, 1.54) is 0 Å². The first-order chi connectivity index (χ1) is 13.0. The second kappa shape index (κ2) is 9.56. The fraction of sp³-hybridized carbons (Fsp3) is 0.900. The van der Waals surface area contributed by atoms with E-state index in [-0.39, 0.29) is 29.3 Å². The zero-order valence-electron chi connectivity index (χ0n) is 16.4. The highest BCUT2D eigenvalue weighted by Crippen LogP contribution is 2.37. The van der Waals surface area contributed by atoms with Crippen molar-refractivity contribution in [3.8, 4) is 6.07 Å². The Morgan fingerprint density at radius 2 is 2.15 bits per heavy atom. The normalized spacial score (nSPS) is 42.0. The molecule has 3 rings (SSSR count). The summed E-state index contributed by atoms with van der Waals surface area (Å²) in [5, 5.41) is 20.5. The number of hydrogen-bond acceptors (Lipinski definition) is 5. The fourth-order valence-corrected chi connectivity index (χ4v) is 5.78. The molecule has 0 aromatic rings. The molecule has 2 aliphatic carbocycles. The van der Waals surface area contributed by atoms with Crippen LogP contribution in [0.2, 0.25) is 0 Å². The molecule has 0 spiro atoms. The van der Waals surface area contributed by atoms with Gasteiger partial charge in [-0.2, -0.15) is 5.26 Å². The minimum atomic E-state index is -0.0566. The minimum absolute atomic E-state index is 0.00178. The summed E-state index contributed by atoms with van der Waals surface area (Å²) in [6.45, 7) is 2.94. The van der Waals surface area contributed by atoms with Gasteiger partial charge in [-0.1, -0.05) is 6.42 Å². The number of halogens is 1. The average molecular weight is 397 g/mol. The molecule has 6 nitrogen and oxygen atoms in total. The molecule has 3 fully saturated rings. The van der Waals surface area contributed by atoms with Crippen molar-refractivity contribution in [3.05, 3.63) is 0 Å². The van der Waals surface area contributed by atoms with Gasteiger partial charge in [-0.15, -0.1) is 11.6 Å². The third-order valence-electron chi connectivity index (χ3n) is 6.64. The van der Waals surface area contributed by atoms with Crippen LogP contribution in [0.3, 0.4) is 0 Å². The first-order valence-corrected chi connectivity index (χ1v) is 10.7. The highest BCUT2D eigenvalue weighted by Gasteiger charge is 2.46. The third kappa shape index (κ3) is 5.14. The Kier molecular flexibility index (Phi) is 7.38. The number of fused-ring (bicyclic) bond motifs is 1. The van der Waals surface area contributed by atoms with Crippen LogP contribution in [0.25, 0.3) is 0 Å². The van der Waals surface area contributed by atoms with E-state index in [2.05, 4.69) is 22.0 Å². The molecule has 8 unspecified atom stereocenters. The number of nitrogens with one attached hydrogen (secondary N) is 3. The lowest BCUT2D eigenvalue weighted by atomic mass is 9.67. The van der Waals surface area contributed by atoms with E-state index in [9.17, 15) is 10.1 Å². The maximum Gasteiger partial charge on any atom is 0.217 e. The van der Waals surface area contributed by atoms with Gasteiger partial charge in [0, 0.05) is 56.0 Å². The zero-order valence-corrected chi connectivity index (χ0v) is 17.2. The van der Waals surface area contributed by atoms with E-state index in [0.717, 1.165) is 45.1 Å². The number of amides is 1. The number of carbonyl (C=O) groups is 1. The lowest BCUT2D eigenvalue weighted by molar-refractivity contribution is -0.121. The highest BCUT2D eigenvalue weighted by atomic mass is 35.5. The van der Waals surface area contributed by atoms with E-state index in [0.29, 0.717) is 30.5 Å². The van der Waals surface area contributed by atoms with Crippen molar-refractivity contribution in [2.24, 2.45) is 17.8 Å². The first-order valence-electron chi connectivity index (χ1n) is 10.3. The van der Waals surface area contributed by atoms with Gasteiger partial charge in [-0.25, -0.2) is 0 Å². The van der Waals surface area contributed by atoms with E-state index < -0.39 is 0 Å². The number of rotatable bonds is 5. The van der Waals surface area contributed by atoms with Crippen LogP contribution >= 0.6 is 11.6 Å². The van der Waals surface area contributed by atoms with E-state index in [1.54, 1.807) is 14.0 Å². The quantitative estimate of drug-likeness (QED) is 0.617. The van der Waals surface area contributed by atoms with Crippen molar-refractivity contribution in [1.82, 2.24) is 16.0 Å². The Labute approximate surface area is 167 Å². The summed E-state index contributed by atoms with van der Waals surface area (Å²) < 4.78 is 5.41. The second-order valence-electron chi connectivity index (χ2n) is 8.56. The molecule has 27 heavy (non-hydrogen) atoms. The summed E-state index contributed by atoms with van der Waals surface area (Å²) >= 11 is 6.39. The number of nitriles is 1. The molecule has 0 aromatic heterocycles. The van der Waals surface area contributed by atoms with Crippen LogP contribution < -0.4 is 16.0 Å². The molecule has 0 aromatic carbocycles. The Hall–Kier alpha value is -0.870. The largest absolute Gasteiger partial charge is 0.384 e. The van der Waals surface area contributed by atoms with Gasteiger partial charge in [0.2, 0.25) is 5.91 Å². The molecule has 7 heteroatoms. The topological polar surface area (TPSA) is 86.2 Å². The highest BCUT2D eigenvalue weighted by molar-refractivity contribution is 6.20. The number of nitrogens with zero attached hydrogens (tertiary/aromatic N) is 1. The predicted molar refractivity (Wildman–Crippen MR) is 105 cm³/mol. The maximum absolute atomic E-state index is 11.7. The lowest BCUT2D eigenvalue weighted by Gasteiger charge is -2.50. The summed E-state index contributed by atoms with van der Waals surface area (Å²) in [5.74, 6) is 0.568. The zero-order chi connectivity index (χ0) is 19.4. The van der Waals surface area contributed by atoms with Crippen molar-refractivity contribution in [2.75, 3.05) is 20.3 Å². The van der Waals surface area contributed by atoms with Crippen molar-refractivity contribution >= 4 is 17.5 Å². The van der Waals surface area contributed by atoms with Crippen molar-refractivity contribution in [1.29, 1.82) is 5.26 Å². The molecule has 1 amide bonds. The first kappa shape index (κ1) is 20.9. The number of piperidine rings is 1.